The summed E-state index contributed by atoms with van der Waals surface area (Å²) < 4.78 is 0. The molecule has 2 rings (SSSR count). The summed E-state index contributed by atoms with van der Waals surface area (Å²) in [6.45, 7) is 4.11. The monoisotopic (exact) mass is 253 g/mol. The number of aryl methyl sites for hydroxylation is 2. The van der Waals surface area contributed by atoms with Gasteiger partial charge in [0.05, 0.1) is 11.1 Å². The topological polar surface area (TPSA) is 33.1 Å². The molecule has 0 saturated heterocycles. The van der Waals surface area contributed by atoms with Crippen LogP contribution in [0.5, 0.6) is 0 Å². The number of aliphatic hydroxyl groups is 1. The molecule has 1 atom stereocenters. The largest absolute Gasteiger partial charge is 0.387 e. The number of hydrogen-bond donors (Lipinski definition) is 1. The third kappa shape index (κ3) is 2.70. The molecule has 1 N–H and O–H groups in total. The van der Waals surface area contributed by atoms with Crippen molar-refractivity contribution in [2.75, 3.05) is 0 Å². The van der Waals surface area contributed by atoms with Crippen molar-refractivity contribution in [3.05, 3.63) is 38.0 Å². The van der Waals surface area contributed by atoms with Crippen LogP contribution < -0.4 is 0 Å². The number of rotatable bonds is 4. The van der Waals surface area contributed by atoms with Crippen LogP contribution in [0.2, 0.25) is 0 Å². The molecule has 0 radical (unpaired) electrons. The second-order valence-corrected chi connectivity index (χ2v) is 5.90. The maximum atomic E-state index is 10.1. The zero-order valence-electron chi connectivity index (χ0n) is 9.43. The molecule has 0 aliphatic carbocycles. The molecule has 16 heavy (non-hydrogen) atoms. The van der Waals surface area contributed by atoms with E-state index in [1.54, 1.807) is 22.7 Å². The molecule has 0 aliphatic heterocycles. The second kappa shape index (κ2) is 5.08. The van der Waals surface area contributed by atoms with Gasteiger partial charge in [0.2, 0.25) is 0 Å². The van der Waals surface area contributed by atoms with Gasteiger partial charge in [-0.05, 0) is 25.5 Å². The Morgan fingerprint density at radius 2 is 2.25 bits per heavy atom. The quantitative estimate of drug-likeness (QED) is 0.906. The Morgan fingerprint density at radius 3 is 2.81 bits per heavy atom. The number of aliphatic hydroxyl groups excluding tert-OH is 1. The van der Waals surface area contributed by atoms with E-state index in [1.165, 1.54) is 4.88 Å². The first-order valence-electron chi connectivity index (χ1n) is 5.36. The Balaban J connectivity index is 2.05. The first kappa shape index (κ1) is 11.8. The van der Waals surface area contributed by atoms with Crippen LogP contribution in [-0.4, -0.2) is 10.1 Å². The Kier molecular flexibility index (Phi) is 3.74. The fourth-order valence-corrected chi connectivity index (χ4v) is 3.27. The van der Waals surface area contributed by atoms with Gasteiger partial charge < -0.3 is 5.11 Å². The third-order valence-electron chi connectivity index (χ3n) is 2.39. The summed E-state index contributed by atoms with van der Waals surface area (Å²) in [5.41, 5.74) is 1.03. The smallest absolute Gasteiger partial charge is 0.0957 e. The third-order valence-corrected chi connectivity index (χ3v) is 4.71. The number of nitrogens with zero attached hydrogens (tertiary/aromatic N) is 1. The van der Waals surface area contributed by atoms with Gasteiger partial charge in [0.1, 0.15) is 0 Å². The highest BCUT2D eigenvalue weighted by atomic mass is 32.1. The lowest BCUT2D eigenvalue weighted by Crippen LogP contribution is -1.98. The van der Waals surface area contributed by atoms with Gasteiger partial charge in [0.15, 0.2) is 0 Å². The minimum atomic E-state index is -0.407. The van der Waals surface area contributed by atoms with Gasteiger partial charge in [-0.3, -0.25) is 0 Å². The van der Waals surface area contributed by atoms with E-state index in [1.807, 2.05) is 18.4 Å². The standard InChI is InChI=1S/C12H15NOS2/c1-3-9-4-5-11(16-9)10(14)6-12-13-8(2)7-15-12/h4-5,7,10,14H,3,6H2,1-2H3. The van der Waals surface area contributed by atoms with Gasteiger partial charge >= 0.3 is 0 Å². The summed E-state index contributed by atoms with van der Waals surface area (Å²) in [5.74, 6) is 0. The van der Waals surface area contributed by atoms with Gasteiger partial charge in [0.25, 0.3) is 0 Å². The number of thiazole rings is 1. The van der Waals surface area contributed by atoms with E-state index >= 15 is 0 Å². The average molecular weight is 253 g/mol. The minimum Gasteiger partial charge on any atom is -0.387 e. The zero-order valence-corrected chi connectivity index (χ0v) is 11.1. The molecule has 0 spiro atoms. The zero-order chi connectivity index (χ0) is 11.5. The fourth-order valence-electron chi connectivity index (χ4n) is 1.53. The van der Waals surface area contributed by atoms with Crippen LogP contribution >= 0.6 is 22.7 Å². The molecule has 0 bridgehead atoms. The highest BCUT2D eigenvalue weighted by molar-refractivity contribution is 7.12. The molecule has 2 aromatic heterocycles. The molecule has 2 heterocycles. The molecule has 0 aromatic carbocycles. The van der Waals surface area contributed by atoms with Crippen LogP contribution in [0.4, 0.5) is 0 Å². The van der Waals surface area contributed by atoms with Crippen molar-refractivity contribution in [2.45, 2.75) is 32.8 Å². The highest BCUT2D eigenvalue weighted by Gasteiger charge is 2.12. The predicted molar refractivity (Wildman–Crippen MR) is 69.2 cm³/mol. The maximum Gasteiger partial charge on any atom is 0.0957 e. The van der Waals surface area contributed by atoms with Crippen molar-refractivity contribution in [1.29, 1.82) is 0 Å². The van der Waals surface area contributed by atoms with Crippen molar-refractivity contribution in [3.63, 3.8) is 0 Å². The maximum absolute atomic E-state index is 10.1. The van der Waals surface area contributed by atoms with Crippen molar-refractivity contribution < 1.29 is 5.11 Å². The van der Waals surface area contributed by atoms with Crippen LogP contribution in [0.3, 0.4) is 0 Å². The molecule has 1 unspecified atom stereocenters. The predicted octanol–water partition coefficient (Wildman–Crippen LogP) is 3.35. The molecule has 0 fully saturated rings. The summed E-state index contributed by atoms with van der Waals surface area (Å²) in [4.78, 5) is 6.74. The van der Waals surface area contributed by atoms with Crippen molar-refractivity contribution in [2.24, 2.45) is 0 Å². The van der Waals surface area contributed by atoms with Crippen molar-refractivity contribution >= 4 is 22.7 Å². The van der Waals surface area contributed by atoms with Crippen molar-refractivity contribution in [3.8, 4) is 0 Å². The lowest BCUT2D eigenvalue weighted by atomic mass is 10.2. The molecule has 0 amide bonds. The van der Waals surface area contributed by atoms with E-state index in [2.05, 4.69) is 18.0 Å². The van der Waals surface area contributed by atoms with Crippen LogP contribution in [0.1, 0.15) is 33.5 Å². The molecular weight excluding hydrogens is 238 g/mol. The highest BCUT2D eigenvalue weighted by Crippen LogP contribution is 2.27. The Labute approximate surface area is 104 Å². The summed E-state index contributed by atoms with van der Waals surface area (Å²) in [6, 6.07) is 4.12. The van der Waals surface area contributed by atoms with Crippen LogP contribution in [0, 0.1) is 6.92 Å². The van der Waals surface area contributed by atoms with E-state index in [9.17, 15) is 5.11 Å². The number of aromatic nitrogens is 1. The Hall–Kier alpha value is -0.710. The first-order valence-corrected chi connectivity index (χ1v) is 7.06. The summed E-state index contributed by atoms with van der Waals surface area (Å²) in [7, 11) is 0. The van der Waals surface area contributed by atoms with Gasteiger partial charge in [-0.25, -0.2) is 4.98 Å². The van der Waals surface area contributed by atoms with E-state index in [0.29, 0.717) is 6.42 Å². The fraction of sp³-hybridized carbons (Fsp3) is 0.417. The van der Waals surface area contributed by atoms with E-state index in [-0.39, 0.29) is 0 Å². The number of thiophene rings is 1. The Bertz CT molecular complexity index is 461. The van der Waals surface area contributed by atoms with Gasteiger partial charge in [-0.1, -0.05) is 6.92 Å². The lowest BCUT2D eigenvalue weighted by Gasteiger charge is -2.05. The summed E-state index contributed by atoms with van der Waals surface area (Å²) >= 11 is 3.31. The minimum absolute atomic E-state index is 0.407. The molecule has 4 heteroatoms. The van der Waals surface area contributed by atoms with Crippen LogP contribution in [-0.2, 0) is 12.8 Å². The van der Waals surface area contributed by atoms with Crippen LogP contribution in [0.15, 0.2) is 17.5 Å². The first-order chi connectivity index (χ1) is 7.69. The van der Waals surface area contributed by atoms with Gasteiger partial charge in [-0.2, -0.15) is 0 Å². The molecule has 2 aromatic rings. The molecular formula is C12H15NOS2. The van der Waals surface area contributed by atoms with E-state index in [4.69, 9.17) is 0 Å². The summed E-state index contributed by atoms with van der Waals surface area (Å²) in [5, 5.41) is 13.1. The van der Waals surface area contributed by atoms with Crippen LogP contribution in [0.25, 0.3) is 0 Å². The molecule has 0 saturated carbocycles. The SMILES string of the molecule is CCc1ccc(C(O)Cc2nc(C)cs2)s1. The van der Waals surface area contributed by atoms with E-state index in [0.717, 1.165) is 22.0 Å². The molecule has 0 aliphatic rings. The Morgan fingerprint density at radius 1 is 1.44 bits per heavy atom. The van der Waals surface area contributed by atoms with Gasteiger partial charge in [-0.15, -0.1) is 22.7 Å². The second-order valence-electron chi connectivity index (χ2n) is 3.76. The number of hydrogen-bond acceptors (Lipinski definition) is 4. The van der Waals surface area contributed by atoms with Crippen molar-refractivity contribution in [1.82, 2.24) is 4.98 Å². The summed E-state index contributed by atoms with van der Waals surface area (Å²) in [6.07, 6.45) is 1.26. The average Bonchev–Trinajstić information content (AvgIpc) is 2.87. The van der Waals surface area contributed by atoms with Gasteiger partial charge in [0, 0.05) is 27.2 Å². The normalized spacial score (nSPS) is 12.9. The van der Waals surface area contributed by atoms with E-state index < -0.39 is 6.10 Å². The molecule has 2 nitrogen and oxygen atoms in total. The molecule has 86 valence electrons. The lowest BCUT2D eigenvalue weighted by molar-refractivity contribution is 0.182.